The number of allylic oxidation sites excluding steroid dienone is 3. The van der Waals surface area contributed by atoms with Gasteiger partial charge in [0.2, 0.25) is 0 Å². The molecule has 0 saturated carbocycles. The molecule has 0 amide bonds. The van der Waals surface area contributed by atoms with Crippen molar-refractivity contribution in [3.05, 3.63) is 58.8 Å². The molecule has 0 aliphatic heterocycles. The predicted octanol–water partition coefficient (Wildman–Crippen LogP) is 2.56. The van der Waals surface area contributed by atoms with E-state index in [0.29, 0.717) is 11.8 Å². The Hall–Kier alpha value is -2.04. The first kappa shape index (κ1) is 13.0. The lowest BCUT2D eigenvalue weighted by Crippen LogP contribution is -2.26. The highest BCUT2D eigenvalue weighted by Gasteiger charge is 2.32. The molecule has 1 rings (SSSR count). The number of rotatable bonds is 4. The maximum atomic E-state index is 13.3. The topological polar surface area (TPSA) is 45.8 Å². The maximum absolute atomic E-state index is 13.3. The van der Waals surface area contributed by atoms with Crippen LogP contribution in [0, 0.1) is 6.92 Å². The van der Waals surface area contributed by atoms with Gasteiger partial charge in [-0.3, -0.25) is 4.79 Å². The molecule has 0 aliphatic carbocycles. The number of aromatic amines is 1. The molecule has 0 spiro atoms. The van der Waals surface area contributed by atoms with Gasteiger partial charge < -0.3 is 4.98 Å². The molecule has 90 valence electrons. The third-order valence-corrected chi connectivity index (χ3v) is 2.09. The molecular formula is C12H12F2N2O. The zero-order valence-corrected chi connectivity index (χ0v) is 9.34. The Labute approximate surface area is 97.2 Å². The second-order valence-electron chi connectivity index (χ2n) is 3.35. The number of halogens is 2. The number of nitrogens with zero attached hydrogens (tertiary/aromatic N) is 1. The zero-order valence-electron chi connectivity index (χ0n) is 9.34. The van der Waals surface area contributed by atoms with Crippen LogP contribution in [-0.4, -0.2) is 9.97 Å². The number of hydrogen-bond acceptors (Lipinski definition) is 2. The van der Waals surface area contributed by atoms with Crippen molar-refractivity contribution >= 4 is 6.08 Å². The summed E-state index contributed by atoms with van der Waals surface area (Å²) in [6, 6.07) is 0. The largest absolute Gasteiger partial charge is 0.323 e. The predicted molar refractivity (Wildman–Crippen MR) is 62.9 cm³/mol. The molecule has 0 radical (unpaired) electrons. The van der Waals surface area contributed by atoms with E-state index >= 15 is 0 Å². The van der Waals surface area contributed by atoms with Gasteiger partial charge >= 0.3 is 5.92 Å². The van der Waals surface area contributed by atoms with Gasteiger partial charge in [-0.2, -0.15) is 8.78 Å². The van der Waals surface area contributed by atoms with E-state index < -0.39 is 17.2 Å². The normalized spacial score (nSPS) is 11.7. The third-order valence-electron chi connectivity index (χ3n) is 2.09. The lowest BCUT2D eigenvalue weighted by Gasteiger charge is -2.11. The molecular weight excluding hydrogens is 226 g/mol. The average molecular weight is 238 g/mol. The van der Waals surface area contributed by atoms with Crippen molar-refractivity contribution in [1.82, 2.24) is 9.97 Å². The first-order valence-corrected chi connectivity index (χ1v) is 4.84. The monoisotopic (exact) mass is 238 g/mol. The van der Waals surface area contributed by atoms with Crippen LogP contribution in [0.4, 0.5) is 8.78 Å². The molecule has 0 saturated heterocycles. The quantitative estimate of drug-likeness (QED) is 0.647. The first-order chi connectivity index (χ1) is 7.92. The smallest absolute Gasteiger partial charge is 0.313 e. The minimum absolute atomic E-state index is 0.265. The van der Waals surface area contributed by atoms with Gasteiger partial charge in [-0.15, -0.1) is 0 Å². The van der Waals surface area contributed by atoms with Gasteiger partial charge in [0, 0.05) is 5.69 Å². The highest BCUT2D eigenvalue weighted by atomic mass is 19.3. The van der Waals surface area contributed by atoms with Crippen LogP contribution >= 0.6 is 0 Å². The first-order valence-electron chi connectivity index (χ1n) is 4.84. The Morgan fingerprint density at radius 2 is 2.06 bits per heavy atom. The lowest BCUT2D eigenvalue weighted by atomic mass is 10.2. The van der Waals surface area contributed by atoms with Crippen molar-refractivity contribution in [3.63, 3.8) is 0 Å². The number of H-pyrrole nitrogens is 1. The molecule has 1 aromatic heterocycles. The van der Waals surface area contributed by atoms with E-state index in [1.165, 1.54) is 12.2 Å². The highest BCUT2D eigenvalue weighted by molar-refractivity contribution is 5.49. The van der Waals surface area contributed by atoms with Gasteiger partial charge in [0.05, 0.1) is 5.69 Å². The lowest BCUT2D eigenvalue weighted by molar-refractivity contribution is 0.0458. The Balaban J connectivity index is 3.43. The van der Waals surface area contributed by atoms with Gasteiger partial charge in [0.25, 0.3) is 5.56 Å². The van der Waals surface area contributed by atoms with E-state index in [4.69, 9.17) is 0 Å². The van der Waals surface area contributed by atoms with Crippen molar-refractivity contribution in [3.8, 4) is 0 Å². The van der Waals surface area contributed by atoms with E-state index in [1.807, 2.05) is 0 Å². The van der Waals surface area contributed by atoms with Crippen LogP contribution in [0.3, 0.4) is 0 Å². The van der Waals surface area contributed by atoms with Gasteiger partial charge in [-0.25, -0.2) is 4.98 Å². The molecule has 0 fully saturated rings. The minimum atomic E-state index is -3.45. The summed E-state index contributed by atoms with van der Waals surface area (Å²) >= 11 is 0. The van der Waals surface area contributed by atoms with Crippen molar-refractivity contribution in [2.24, 2.45) is 0 Å². The SMILES string of the molecule is C=C/C=C\c1nc(C(F)(F)C=C)c(=O)[nH]c1C. The summed E-state index contributed by atoms with van der Waals surface area (Å²) in [7, 11) is 0. The van der Waals surface area contributed by atoms with Crippen LogP contribution in [0.5, 0.6) is 0 Å². The van der Waals surface area contributed by atoms with Gasteiger partial charge in [-0.1, -0.05) is 25.3 Å². The van der Waals surface area contributed by atoms with Crippen molar-refractivity contribution < 1.29 is 8.78 Å². The van der Waals surface area contributed by atoms with Gasteiger partial charge in [0.15, 0.2) is 5.69 Å². The third kappa shape index (κ3) is 2.75. The molecule has 3 nitrogen and oxygen atoms in total. The molecule has 17 heavy (non-hydrogen) atoms. The fourth-order valence-electron chi connectivity index (χ4n) is 1.19. The van der Waals surface area contributed by atoms with Crippen LogP contribution in [0.15, 0.2) is 36.2 Å². The fraction of sp³-hybridized carbons (Fsp3) is 0.167. The van der Waals surface area contributed by atoms with Gasteiger partial charge in [-0.05, 0) is 19.1 Å². The summed E-state index contributed by atoms with van der Waals surface area (Å²) in [5.74, 6) is -3.45. The molecule has 0 bridgehead atoms. The zero-order chi connectivity index (χ0) is 13.1. The fourth-order valence-corrected chi connectivity index (χ4v) is 1.19. The van der Waals surface area contributed by atoms with Crippen molar-refractivity contribution in [2.45, 2.75) is 12.8 Å². The second kappa shape index (κ2) is 4.86. The van der Waals surface area contributed by atoms with Crippen molar-refractivity contribution in [2.75, 3.05) is 0 Å². The Morgan fingerprint density at radius 1 is 1.41 bits per heavy atom. The van der Waals surface area contributed by atoms with E-state index in [-0.39, 0.29) is 5.69 Å². The number of nitrogens with one attached hydrogen (secondary N) is 1. The highest BCUT2D eigenvalue weighted by Crippen LogP contribution is 2.24. The maximum Gasteiger partial charge on any atom is 0.313 e. The summed E-state index contributed by atoms with van der Waals surface area (Å²) in [6.07, 6.45) is 4.91. The standard InChI is InChI=1S/C12H12F2N2O/c1-4-6-7-9-8(3)15-11(17)10(16-9)12(13,14)5-2/h4-7H,1-2H2,3H3,(H,15,17)/b7-6-. The Kier molecular flexibility index (Phi) is 3.73. The second-order valence-corrected chi connectivity index (χ2v) is 3.35. The summed E-state index contributed by atoms with van der Waals surface area (Å²) in [6.45, 7) is 8.02. The number of hydrogen-bond donors (Lipinski definition) is 1. The minimum Gasteiger partial charge on any atom is -0.323 e. The molecule has 0 atom stereocenters. The van der Waals surface area contributed by atoms with Crippen LogP contribution < -0.4 is 5.56 Å². The summed E-state index contributed by atoms with van der Waals surface area (Å²) < 4.78 is 26.7. The van der Waals surface area contributed by atoms with E-state index in [1.54, 1.807) is 13.0 Å². The Bertz CT molecular complexity index is 530. The number of aryl methyl sites for hydroxylation is 1. The van der Waals surface area contributed by atoms with E-state index in [9.17, 15) is 13.6 Å². The molecule has 0 aromatic carbocycles. The summed E-state index contributed by atoms with van der Waals surface area (Å²) in [4.78, 5) is 17.4. The van der Waals surface area contributed by atoms with Crippen LogP contribution in [-0.2, 0) is 5.92 Å². The van der Waals surface area contributed by atoms with E-state index in [0.717, 1.165) is 0 Å². The molecule has 0 aliphatic rings. The molecule has 1 N–H and O–H groups in total. The Morgan fingerprint density at radius 3 is 2.59 bits per heavy atom. The van der Waals surface area contributed by atoms with E-state index in [2.05, 4.69) is 23.1 Å². The van der Waals surface area contributed by atoms with Crippen LogP contribution in [0.1, 0.15) is 17.1 Å². The molecule has 0 unspecified atom stereocenters. The summed E-state index contributed by atoms with van der Waals surface area (Å²) in [5, 5.41) is 0. The summed E-state index contributed by atoms with van der Waals surface area (Å²) in [5.41, 5.74) is -1.09. The number of aromatic nitrogens is 2. The number of alkyl halides is 2. The van der Waals surface area contributed by atoms with Crippen molar-refractivity contribution in [1.29, 1.82) is 0 Å². The van der Waals surface area contributed by atoms with Crippen LogP contribution in [0.25, 0.3) is 6.08 Å². The van der Waals surface area contributed by atoms with Gasteiger partial charge in [0.1, 0.15) is 0 Å². The molecule has 1 aromatic rings. The molecule has 1 heterocycles. The van der Waals surface area contributed by atoms with Crippen LogP contribution in [0.2, 0.25) is 0 Å². The molecule has 5 heteroatoms. The average Bonchev–Trinajstić information content (AvgIpc) is 2.27.